The molecule has 4 rings (SSSR count). The molecule has 1 aromatic heterocycles. The van der Waals surface area contributed by atoms with Crippen LogP contribution in [0.1, 0.15) is 17.2 Å². The highest BCUT2D eigenvalue weighted by molar-refractivity contribution is 6.51. The Labute approximate surface area is 171 Å². The molecule has 0 bridgehead atoms. The summed E-state index contributed by atoms with van der Waals surface area (Å²) in [5.74, 6) is -1.79. The van der Waals surface area contributed by atoms with E-state index < -0.39 is 23.5 Å². The van der Waals surface area contributed by atoms with Gasteiger partial charge in [0.05, 0.1) is 18.7 Å². The number of Topliss-reactive ketones (excluding diaryl/α,β-unsaturated/α-hetero) is 1. The summed E-state index contributed by atoms with van der Waals surface area (Å²) in [7, 11) is 1.52. The van der Waals surface area contributed by atoms with E-state index in [9.17, 15) is 19.1 Å². The zero-order valence-electron chi connectivity index (χ0n) is 15.9. The molecule has 0 saturated carbocycles. The van der Waals surface area contributed by atoms with E-state index in [1.807, 2.05) is 0 Å². The summed E-state index contributed by atoms with van der Waals surface area (Å²) in [6.07, 6.45) is 2.95. The van der Waals surface area contributed by atoms with Gasteiger partial charge < -0.3 is 9.84 Å². The molecular weight excluding hydrogens is 387 g/mol. The van der Waals surface area contributed by atoms with Crippen LogP contribution < -0.4 is 9.64 Å². The number of methoxy groups -OCH3 is 1. The summed E-state index contributed by atoms with van der Waals surface area (Å²) in [6.45, 7) is 0. The standard InChI is InChI=1S/C23H17FN2O4/c1-30-18-8-6-17(7-9-18)26-20(14-2-4-16(24)5-3-14)19(22(28)23(26)29)21(27)15-10-12-25-13-11-15/h2-13,20,27H,1H3/b21-19-. The van der Waals surface area contributed by atoms with Gasteiger partial charge in [0.2, 0.25) is 0 Å². The van der Waals surface area contributed by atoms with Gasteiger partial charge in [0.15, 0.2) is 0 Å². The number of aliphatic hydroxyl groups is 1. The normalized spacial score (nSPS) is 17.9. The van der Waals surface area contributed by atoms with E-state index in [2.05, 4.69) is 4.98 Å². The van der Waals surface area contributed by atoms with Crippen molar-refractivity contribution in [2.24, 2.45) is 0 Å². The second kappa shape index (κ2) is 7.79. The van der Waals surface area contributed by atoms with Crippen LogP contribution in [0.2, 0.25) is 0 Å². The van der Waals surface area contributed by atoms with Gasteiger partial charge in [-0.15, -0.1) is 0 Å². The third-order valence-electron chi connectivity index (χ3n) is 4.93. The molecule has 2 heterocycles. The zero-order valence-corrected chi connectivity index (χ0v) is 15.9. The van der Waals surface area contributed by atoms with E-state index in [0.717, 1.165) is 0 Å². The van der Waals surface area contributed by atoms with Crippen LogP contribution in [-0.4, -0.2) is 28.9 Å². The van der Waals surface area contributed by atoms with Crippen LogP contribution >= 0.6 is 0 Å². The first kappa shape index (κ1) is 19.3. The molecule has 150 valence electrons. The largest absolute Gasteiger partial charge is 0.507 e. The smallest absolute Gasteiger partial charge is 0.300 e. The number of nitrogens with zero attached hydrogens (tertiary/aromatic N) is 2. The summed E-state index contributed by atoms with van der Waals surface area (Å²) >= 11 is 0. The van der Waals surface area contributed by atoms with E-state index in [1.165, 1.54) is 60.8 Å². The van der Waals surface area contributed by atoms with Crippen molar-refractivity contribution in [3.8, 4) is 5.75 Å². The van der Waals surface area contributed by atoms with Crippen molar-refractivity contribution < 1.29 is 23.8 Å². The lowest BCUT2D eigenvalue weighted by Gasteiger charge is -2.25. The number of pyridine rings is 1. The van der Waals surface area contributed by atoms with Gasteiger partial charge in [0, 0.05) is 23.6 Å². The first-order chi connectivity index (χ1) is 14.5. The number of carbonyl (C=O) groups is 2. The molecular formula is C23H17FN2O4. The Morgan fingerprint density at radius 1 is 1.00 bits per heavy atom. The Hall–Kier alpha value is -4.00. The number of carbonyl (C=O) groups excluding carboxylic acids is 2. The van der Waals surface area contributed by atoms with Crippen molar-refractivity contribution in [2.75, 3.05) is 12.0 Å². The van der Waals surface area contributed by atoms with E-state index in [0.29, 0.717) is 22.6 Å². The molecule has 1 aliphatic heterocycles. The quantitative estimate of drug-likeness (QED) is 0.406. The highest BCUT2D eigenvalue weighted by atomic mass is 19.1. The van der Waals surface area contributed by atoms with Gasteiger partial charge in [-0.3, -0.25) is 19.5 Å². The fourth-order valence-electron chi connectivity index (χ4n) is 3.47. The fraction of sp³-hybridized carbons (Fsp3) is 0.0870. The minimum Gasteiger partial charge on any atom is -0.507 e. The number of aliphatic hydroxyl groups excluding tert-OH is 1. The summed E-state index contributed by atoms with van der Waals surface area (Å²) < 4.78 is 18.7. The number of hydrogen-bond acceptors (Lipinski definition) is 5. The first-order valence-electron chi connectivity index (χ1n) is 9.12. The third kappa shape index (κ3) is 3.30. The van der Waals surface area contributed by atoms with E-state index in [-0.39, 0.29) is 11.3 Å². The molecule has 30 heavy (non-hydrogen) atoms. The van der Waals surface area contributed by atoms with Crippen molar-refractivity contribution in [3.63, 3.8) is 0 Å². The highest BCUT2D eigenvalue weighted by Crippen LogP contribution is 2.42. The first-order valence-corrected chi connectivity index (χ1v) is 9.12. The molecule has 1 atom stereocenters. The number of anilines is 1. The molecule has 3 aromatic rings. The van der Waals surface area contributed by atoms with Gasteiger partial charge in [-0.2, -0.15) is 0 Å². The molecule has 1 aliphatic rings. The Bertz CT molecular complexity index is 1130. The summed E-state index contributed by atoms with van der Waals surface area (Å²) in [4.78, 5) is 31.1. The maximum absolute atomic E-state index is 13.5. The SMILES string of the molecule is COc1ccc(N2C(=O)C(=O)/C(=C(\O)c3ccncc3)C2c2ccc(F)cc2)cc1. The number of ether oxygens (including phenoxy) is 1. The lowest BCUT2D eigenvalue weighted by atomic mass is 9.95. The molecule has 2 aromatic carbocycles. The van der Waals surface area contributed by atoms with Gasteiger partial charge in [0.1, 0.15) is 17.3 Å². The molecule has 0 radical (unpaired) electrons. The van der Waals surface area contributed by atoms with E-state index in [1.54, 1.807) is 24.3 Å². The molecule has 7 heteroatoms. The fourth-order valence-corrected chi connectivity index (χ4v) is 3.47. The molecule has 1 fully saturated rings. The predicted molar refractivity (Wildman–Crippen MR) is 108 cm³/mol. The number of benzene rings is 2. The number of aromatic nitrogens is 1. The van der Waals surface area contributed by atoms with Gasteiger partial charge in [-0.1, -0.05) is 12.1 Å². The summed E-state index contributed by atoms with van der Waals surface area (Å²) in [6, 6.07) is 14.2. The van der Waals surface area contributed by atoms with Crippen LogP contribution in [0, 0.1) is 5.82 Å². The lowest BCUT2D eigenvalue weighted by molar-refractivity contribution is -0.132. The van der Waals surface area contributed by atoms with Gasteiger partial charge in [-0.05, 0) is 54.1 Å². The Kier molecular flexibility index (Phi) is 5.02. The van der Waals surface area contributed by atoms with E-state index >= 15 is 0 Å². The predicted octanol–water partition coefficient (Wildman–Crippen LogP) is 3.86. The second-order valence-electron chi connectivity index (χ2n) is 6.65. The van der Waals surface area contributed by atoms with E-state index in [4.69, 9.17) is 4.74 Å². The van der Waals surface area contributed by atoms with Crippen LogP contribution in [0.5, 0.6) is 5.75 Å². The van der Waals surface area contributed by atoms with Gasteiger partial charge >= 0.3 is 0 Å². The third-order valence-corrected chi connectivity index (χ3v) is 4.93. The van der Waals surface area contributed by atoms with Crippen LogP contribution in [-0.2, 0) is 9.59 Å². The number of halogens is 1. The molecule has 1 saturated heterocycles. The van der Waals surface area contributed by atoms with Crippen LogP contribution in [0.25, 0.3) is 5.76 Å². The van der Waals surface area contributed by atoms with Crippen LogP contribution in [0.4, 0.5) is 10.1 Å². The average Bonchev–Trinajstić information content (AvgIpc) is 3.05. The minimum atomic E-state index is -0.924. The Morgan fingerprint density at radius 2 is 1.63 bits per heavy atom. The van der Waals surface area contributed by atoms with Crippen molar-refractivity contribution in [3.05, 3.63) is 95.6 Å². The van der Waals surface area contributed by atoms with Crippen LogP contribution in [0.3, 0.4) is 0 Å². The molecule has 0 spiro atoms. The Morgan fingerprint density at radius 3 is 2.23 bits per heavy atom. The minimum absolute atomic E-state index is 0.0753. The lowest BCUT2D eigenvalue weighted by Crippen LogP contribution is -2.29. The monoisotopic (exact) mass is 404 g/mol. The van der Waals surface area contributed by atoms with Gasteiger partial charge in [0.25, 0.3) is 11.7 Å². The van der Waals surface area contributed by atoms with Crippen molar-refractivity contribution in [1.29, 1.82) is 0 Å². The summed E-state index contributed by atoms with van der Waals surface area (Å²) in [5, 5.41) is 10.9. The number of amides is 1. The van der Waals surface area contributed by atoms with Crippen molar-refractivity contribution >= 4 is 23.1 Å². The molecule has 0 aliphatic carbocycles. The zero-order chi connectivity index (χ0) is 21.3. The second-order valence-corrected chi connectivity index (χ2v) is 6.65. The highest BCUT2D eigenvalue weighted by Gasteiger charge is 2.46. The van der Waals surface area contributed by atoms with Gasteiger partial charge in [-0.25, -0.2) is 4.39 Å². The maximum Gasteiger partial charge on any atom is 0.300 e. The molecule has 1 unspecified atom stereocenters. The molecule has 1 amide bonds. The number of rotatable bonds is 4. The maximum atomic E-state index is 13.5. The topological polar surface area (TPSA) is 79.7 Å². The Balaban J connectivity index is 1.92. The molecule has 1 N–H and O–H groups in total. The average molecular weight is 404 g/mol. The van der Waals surface area contributed by atoms with Crippen molar-refractivity contribution in [1.82, 2.24) is 4.98 Å². The number of hydrogen-bond donors (Lipinski definition) is 1. The van der Waals surface area contributed by atoms with Crippen LogP contribution in [0.15, 0.2) is 78.6 Å². The number of ketones is 1. The molecule has 6 nitrogen and oxygen atoms in total. The van der Waals surface area contributed by atoms with Crippen molar-refractivity contribution in [2.45, 2.75) is 6.04 Å². The summed E-state index contributed by atoms with van der Waals surface area (Å²) in [5.41, 5.74) is 1.21.